The van der Waals surface area contributed by atoms with Crippen LogP contribution in [0.1, 0.15) is 30.6 Å². The van der Waals surface area contributed by atoms with Crippen LogP contribution >= 0.6 is 11.6 Å². The Morgan fingerprint density at radius 2 is 2.10 bits per heavy atom. The van der Waals surface area contributed by atoms with Gasteiger partial charge in [-0.3, -0.25) is 9.69 Å². The Kier molecular flexibility index (Phi) is 7.44. The van der Waals surface area contributed by atoms with Crippen molar-refractivity contribution >= 4 is 29.0 Å². The average Bonchev–Trinajstić information content (AvgIpc) is 2.79. The lowest BCUT2D eigenvalue weighted by Gasteiger charge is -2.37. The summed E-state index contributed by atoms with van der Waals surface area (Å²) in [5.41, 5.74) is 1.35. The van der Waals surface area contributed by atoms with E-state index in [1.54, 1.807) is 26.4 Å². The SMILES string of the molecule is CCC(C)N1CCN(C(=O)c2ccc(NC3N=C(NC)C(Cl)=CN3)c(OC)c2)CC1. The molecule has 2 atom stereocenters. The third kappa shape index (κ3) is 4.99. The molecule has 0 aromatic heterocycles. The molecule has 0 radical (unpaired) electrons. The standard InChI is InChI=1S/C21H31ClN6O2/c1-5-14(2)27-8-10-28(11-9-27)20(29)15-6-7-17(18(12-15)30-4)25-21-24-13-16(22)19(23-3)26-21/h6-7,12-14,21,24-25H,5,8-11H2,1-4H3,(H,23,26). The number of hydrogen-bond donors (Lipinski definition) is 3. The van der Waals surface area contributed by atoms with Crippen LogP contribution in [0.4, 0.5) is 5.69 Å². The number of halogens is 1. The first-order chi connectivity index (χ1) is 14.5. The van der Waals surface area contributed by atoms with Gasteiger partial charge in [0.15, 0.2) is 6.29 Å². The van der Waals surface area contributed by atoms with E-state index in [1.807, 2.05) is 17.0 Å². The van der Waals surface area contributed by atoms with Crippen LogP contribution in [0.15, 0.2) is 34.4 Å². The second-order valence-electron chi connectivity index (χ2n) is 7.43. The predicted molar refractivity (Wildman–Crippen MR) is 121 cm³/mol. The summed E-state index contributed by atoms with van der Waals surface area (Å²) in [7, 11) is 3.36. The van der Waals surface area contributed by atoms with Gasteiger partial charge in [0, 0.05) is 51.0 Å². The molecule has 0 aliphatic carbocycles. The van der Waals surface area contributed by atoms with E-state index in [2.05, 4.69) is 39.7 Å². The van der Waals surface area contributed by atoms with Gasteiger partial charge in [0.05, 0.1) is 17.8 Å². The maximum Gasteiger partial charge on any atom is 0.254 e. The van der Waals surface area contributed by atoms with Gasteiger partial charge in [-0.1, -0.05) is 18.5 Å². The molecule has 1 aromatic carbocycles. The van der Waals surface area contributed by atoms with Gasteiger partial charge in [0.2, 0.25) is 0 Å². The first-order valence-corrected chi connectivity index (χ1v) is 10.7. The highest BCUT2D eigenvalue weighted by molar-refractivity contribution is 6.43. The van der Waals surface area contributed by atoms with Crippen LogP contribution in [0.25, 0.3) is 0 Å². The molecule has 9 heteroatoms. The zero-order chi connectivity index (χ0) is 21.7. The minimum absolute atomic E-state index is 0.0321. The predicted octanol–water partition coefficient (Wildman–Crippen LogP) is 2.25. The summed E-state index contributed by atoms with van der Waals surface area (Å²) in [4.78, 5) is 21.8. The van der Waals surface area contributed by atoms with E-state index in [-0.39, 0.29) is 5.91 Å². The van der Waals surface area contributed by atoms with Gasteiger partial charge in [-0.2, -0.15) is 0 Å². The number of ether oxygens (including phenoxy) is 1. The van der Waals surface area contributed by atoms with Crippen molar-refractivity contribution in [2.75, 3.05) is 45.7 Å². The first kappa shape index (κ1) is 22.2. The monoisotopic (exact) mass is 434 g/mol. The van der Waals surface area contributed by atoms with E-state index in [4.69, 9.17) is 16.3 Å². The normalized spacial score (nSPS) is 20.6. The fourth-order valence-corrected chi connectivity index (χ4v) is 3.81. The van der Waals surface area contributed by atoms with E-state index < -0.39 is 6.29 Å². The number of carbonyl (C=O) groups excluding carboxylic acids is 1. The van der Waals surface area contributed by atoms with E-state index in [9.17, 15) is 4.79 Å². The molecule has 1 fully saturated rings. The quantitative estimate of drug-likeness (QED) is 0.637. The largest absolute Gasteiger partial charge is 0.495 e. The molecule has 2 unspecified atom stereocenters. The second-order valence-corrected chi connectivity index (χ2v) is 7.84. The summed E-state index contributed by atoms with van der Waals surface area (Å²) in [6.45, 7) is 7.74. The van der Waals surface area contributed by atoms with Crippen molar-refractivity contribution in [2.24, 2.45) is 4.99 Å². The van der Waals surface area contributed by atoms with Crippen LogP contribution in [0.3, 0.4) is 0 Å². The van der Waals surface area contributed by atoms with E-state index >= 15 is 0 Å². The fraction of sp³-hybridized carbons (Fsp3) is 0.524. The van der Waals surface area contributed by atoms with Gasteiger partial charge in [-0.15, -0.1) is 0 Å². The number of benzene rings is 1. The average molecular weight is 435 g/mol. The molecular formula is C21H31ClN6O2. The minimum atomic E-state index is -0.404. The Hall–Kier alpha value is -2.45. The molecule has 1 aromatic rings. The maximum atomic E-state index is 13.0. The highest BCUT2D eigenvalue weighted by Gasteiger charge is 2.25. The van der Waals surface area contributed by atoms with Crippen molar-refractivity contribution in [3.8, 4) is 5.75 Å². The highest BCUT2D eigenvalue weighted by Crippen LogP contribution is 2.27. The van der Waals surface area contributed by atoms with E-state index in [1.165, 1.54) is 0 Å². The van der Waals surface area contributed by atoms with Crippen molar-refractivity contribution in [1.82, 2.24) is 20.4 Å². The zero-order valence-corrected chi connectivity index (χ0v) is 18.8. The lowest BCUT2D eigenvalue weighted by Crippen LogP contribution is -2.51. The van der Waals surface area contributed by atoms with Crippen molar-refractivity contribution in [1.29, 1.82) is 0 Å². The van der Waals surface area contributed by atoms with Gasteiger partial charge in [-0.05, 0) is 31.5 Å². The van der Waals surface area contributed by atoms with Crippen LogP contribution in [0, 0.1) is 0 Å². The van der Waals surface area contributed by atoms with Gasteiger partial charge < -0.3 is 25.6 Å². The molecule has 3 N–H and O–H groups in total. The van der Waals surface area contributed by atoms with Gasteiger partial charge in [0.25, 0.3) is 5.91 Å². The van der Waals surface area contributed by atoms with Crippen LogP contribution in [-0.2, 0) is 0 Å². The van der Waals surface area contributed by atoms with E-state index in [0.717, 1.165) is 38.3 Å². The number of anilines is 1. The number of amidine groups is 1. The minimum Gasteiger partial charge on any atom is -0.495 e. The summed E-state index contributed by atoms with van der Waals surface area (Å²) >= 11 is 6.08. The van der Waals surface area contributed by atoms with Crippen molar-refractivity contribution in [2.45, 2.75) is 32.6 Å². The Bertz CT molecular complexity index is 820. The molecule has 8 nitrogen and oxygen atoms in total. The molecule has 0 bridgehead atoms. The van der Waals surface area contributed by atoms with Gasteiger partial charge in [0.1, 0.15) is 11.6 Å². The number of piperazine rings is 1. The smallest absolute Gasteiger partial charge is 0.254 e. The summed E-state index contributed by atoms with van der Waals surface area (Å²) in [5, 5.41) is 9.80. The Morgan fingerprint density at radius 1 is 1.37 bits per heavy atom. The summed E-state index contributed by atoms with van der Waals surface area (Å²) < 4.78 is 5.53. The summed E-state index contributed by atoms with van der Waals surface area (Å²) in [5.74, 6) is 1.21. The molecule has 0 spiro atoms. The molecule has 30 heavy (non-hydrogen) atoms. The van der Waals surface area contributed by atoms with Crippen LogP contribution < -0.4 is 20.7 Å². The Labute approximate surface area is 183 Å². The topological polar surface area (TPSA) is 81.2 Å². The third-order valence-electron chi connectivity index (χ3n) is 5.65. The molecule has 2 aliphatic rings. The molecule has 0 saturated carbocycles. The van der Waals surface area contributed by atoms with Crippen LogP contribution in [-0.4, -0.2) is 74.2 Å². The van der Waals surface area contributed by atoms with Crippen LogP contribution in [0.2, 0.25) is 0 Å². The van der Waals surface area contributed by atoms with Crippen molar-refractivity contribution in [3.05, 3.63) is 35.0 Å². The Morgan fingerprint density at radius 3 is 2.73 bits per heavy atom. The van der Waals surface area contributed by atoms with Gasteiger partial charge >= 0.3 is 0 Å². The number of likely N-dealkylation sites (N-methyl/N-ethyl adjacent to an activating group) is 1. The number of amides is 1. The number of aliphatic imine (C=N–C) groups is 1. The molecule has 1 saturated heterocycles. The highest BCUT2D eigenvalue weighted by atomic mass is 35.5. The van der Waals surface area contributed by atoms with Crippen molar-refractivity contribution in [3.63, 3.8) is 0 Å². The second kappa shape index (κ2) is 10.0. The molecular weight excluding hydrogens is 404 g/mol. The maximum absolute atomic E-state index is 13.0. The number of carbonyl (C=O) groups is 1. The molecule has 164 valence electrons. The van der Waals surface area contributed by atoms with Crippen molar-refractivity contribution < 1.29 is 9.53 Å². The first-order valence-electron chi connectivity index (χ1n) is 10.3. The van der Waals surface area contributed by atoms with Gasteiger partial charge in [-0.25, -0.2) is 4.99 Å². The summed E-state index contributed by atoms with van der Waals surface area (Å²) in [6, 6.07) is 6.00. The zero-order valence-electron chi connectivity index (χ0n) is 18.0. The van der Waals surface area contributed by atoms with Crippen LogP contribution in [0.5, 0.6) is 5.75 Å². The lowest BCUT2D eigenvalue weighted by atomic mass is 10.1. The number of rotatable bonds is 6. The third-order valence-corrected chi connectivity index (χ3v) is 5.93. The molecule has 1 amide bonds. The number of methoxy groups -OCH3 is 1. The number of nitrogens with zero attached hydrogens (tertiary/aromatic N) is 3. The van der Waals surface area contributed by atoms with E-state index in [0.29, 0.717) is 28.2 Å². The molecule has 3 rings (SSSR count). The number of nitrogens with one attached hydrogen (secondary N) is 3. The molecule has 2 aliphatic heterocycles. The Balaban J connectivity index is 1.67. The summed E-state index contributed by atoms with van der Waals surface area (Å²) in [6.07, 6.45) is 2.40. The molecule has 2 heterocycles. The number of hydrogen-bond acceptors (Lipinski definition) is 7. The lowest BCUT2D eigenvalue weighted by molar-refractivity contribution is 0.0579. The fourth-order valence-electron chi connectivity index (χ4n) is 3.60.